The number of sulfonamides is 1. The Morgan fingerprint density at radius 2 is 1.52 bits per heavy atom. The maximum atomic E-state index is 13.0. The van der Waals surface area contributed by atoms with E-state index in [1.54, 1.807) is 14.0 Å². The first-order valence-electron chi connectivity index (χ1n) is 7.80. The van der Waals surface area contributed by atoms with Crippen LogP contribution in [0.2, 0.25) is 0 Å². The number of pyridine rings is 1. The summed E-state index contributed by atoms with van der Waals surface area (Å²) >= 11 is 0. The van der Waals surface area contributed by atoms with Crippen LogP contribution in [0.1, 0.15) is 16.8 Å². The van der Waals surface area contributed by atoms with E-state index in [1.807, 2.05) is 4.72 Å². The molecule has 0 saturated heterocycles. The first-order valence-corrected chi connectivity index (χ1v) is 9.28. The minimum Gasteiger partial charge on any atom is -0.278 e. The van der Waals surface area contributed by atoms with Gasteiger partial charge in [0.25, 0.3) is 10.0 Å². The lowest BCUT2D eigenvalue weighted by Gasteiger charge is -2.15. The molecule has 0 amide bonds. The average molecular weight is 438 g/mol. The third-order valence-electron chi connectivity index (χ3n) is 3.99. The molecule has 3 rings (SSSR count). The summed E-state index contributed by atoms with van der Waals surface area (Å²) in [6.07, 6.45) is -9.25. The van der Waals surface area contributed by atoms with Crippen molar-refractivity contribution < 1.29 is 34.8 Å². The van der Waals surface area contributed by atoms with E-state index in [1.165, 1.54) is 10.7 Å². The van der Waals surface area contributed by atoms with Crippen LogP contribution in [0.5, 0.6) is 0 Å². The number of fused-ring (bicyclic) bond motifs is 1. The van der Waals surface area contributed by atoms with Crippen molar-refractivity contribution >= 4 is 26.7 Å². The van der Waals surface area contributed by atoms with Crippen molar-refractivity contribution in [1.82, 2.24) is 14.8 Å². The fourth-order valence-corrected chi connectivity index (χ4v) is 3.76. The van der Waals surface area contributed by atoms with Crippen molar-refractivity contribution in [3.8, 4) is 0 Å². The summed E-state index contributed by atoms with van der Waals surface area (Å²) in [7, 11) is -3.17. The lowest BCUT2D eigenvalue weighted by molar-refractivity contribution is -0.143. The second-order valence-corrected chi connectivity index (χ2v) is 7.83. The second-order valence-electron chi connectivity index (χ2n) is 6.15. The Balaban J connectivity index is 2.08. The van der Waals surface area contributed by atoms with Crippen LogP contribution in [0.3, 0.4) is 0 Å². The molecule has 0 radical (unpaired) electrons. The Morgan fingerprint density at radius 1 is 0.966 bits per heavy atom. The van der Waals surface area contributed by atoms with Gasteiger partial charge < -0.3 is 0 Å². The fraction of sp³-hybridized carbons (Fsp3) is 0.250. The number of rotatable bonds is 3. The van der Waals surface area contributed by atoms with E-state index in [4.69, 9.17) is 0 Å². The first-order chi connectivity index (χ1) is 13.2. The van der Waals surface area contributed by atoms with Crippen molar-refractivity contribution in [2.75, 3.05) is 4.72 Å². The smallest absolute Gasteiger partial charge is 0.278 e. The molecule has 29 heavy (non-hydrogen) atoms. The Bertz CT molecular complexity index is 1170. The largest absolute Gasteiger partial charge is 0.416 e. The van der Waals surface area contributed by atoms with E-state index in [0.29, 0.717) is 16.7 Å². The molecule has 156 valence electrons. The molecule has 0 bridgehead atoms. The molecule has 3 aromatic rings. The van der Waals surface area contributed by atoms with E-state index in [0.717, 1.165) is 6.20 Å². The number of nitrogens with one attached hydrogen (secondary N) is 1. The summed E-state index contributed by atoms with van der Waals surface area (Å²) in [4.78, 5) is 2.83. The van der Waals surface area contributed by atoms with Crippen molar-refractivity contribution in [2.24, 2.45) is 7.05 Å². The zero-order chi connectivity index (χ0) is 21.8. The van der Waals surface area contributed by atoms with Crippen LogP contribution in [0.15, 0.2) is 35.4 Å². The van der Waals surface area contributed by atoms with Crippen LogP contribution in [0.4, 0.5) is 32.0 Å². The number of nitrogens with zero attached hydrogens (tertiary/aromatic N) is 3. The Hall–Kier alpha value is -2.83. The van der Waals surface area contributed by atoms with Crippen LogP contribution < -0.4 is 4.72 Å². The van der Waals surface area contributed by atoms with E-state index >= 15 is 0 Å². The number of aromatic nitrogens is 3. The Labute approximate surface area is 160 Å². The Morgan fingerprint density at radius 3 is 2.03 bits per heavy atom. The summed E-state index contributed by atoms with van der Waals surface area (Å²) in [6.45, 7) is 1.63. The fourth-order valence-electron chi connectivity index (χ4n) is 2.66. The van der Waals surface area contributed by atoms with Gasteiger partial charge in [-0.2, -0.15) is 31.4 Å². The first kappa shape index (κ1) is 20.9. The number of aryl methyl sites for hydroxylation is 2. The molecule has 0 aliphatic carbocycles. The van der Waals surface area contributed by atoms with E-state index in [9.17, 15) is 34.8 Å². The molecule has 0 fully saturated rings. The van der Waals surface area contributed by atoms with Gasteiger partial charge in [-0.25, -0.2) is 13.4 Å². The van der Waals surface area contributed by atoms with Crippen LogP contribution >= 0.6 is 0 Å². The molecule has 0 spiro atoms. The standard InChI is InChI=1S/C16H12F6N4O2S/c1-8-13-6-11(7-23-14(13)26(2)24-8)25-29(27,28)12-4-9(15(17,18)19)3-10(5-12)16(20,21)22/h3-7,25H,1-2H3. The van der Waals surface area contributed by atoms with Crippen molar-refractivity contribution in [1.29, 1.82) is 0 Å². The normalized spacial score (nSPS) is 13.1. The number of halogens is 6. The van der Waals surface area contributed by atoms with Crippen molar-refractivity contribution in [3.05, 3.63) is 47.3 Å². The average Bonchev–Trinajstić information content (AvgIpc) is 2.86. The summed E-state index contributed by atoms with van der Waals surface area (Å²) in [5.41, 5.74) is -2.67. The molecule has 6 nitrogen and oxygen atoms in total. The molecule has 2 heterocycles. The van der Waals surface area contributed by atoms with Crippen molar-refractivity contribution in [2.45, 2.75) is 24.2 Å². The summed E-state index contributed by atoms with van der Waals surface area (Å²) < 4.78 is 106. The SMILES string of the molecule is Cc1nn(C)c2ncc(NS(=O)(=O)c3cc(C(F)(F)F)cc(C(F)(F)F)c3)cc12. The van der Waals surface area contributed by atoms with Crippen LogP contribution in [-0.2, 0) is 29.4 Å². The van der Waals surface area contributed by atoms with E-state index in [2.05, 4.69) is 10.1 Å². The molecule has 1 aromatic carbocycles. The number of alkyl halides is 6. The summed E-state index contributed by atoms with van der Waals surface area (Å²) in [5.74, 6) is 0. The molecular formula is C16H12F6N4O2S. The highest BCUT2D eigenvalue weighted by molar-refractivity contribution is 7.92. The second kappa shape index (κ2) is 6.61. The number of benzene rings is 1. The monoisotopic (exact) mass is 438 g/mol. The molecule has 2 aromatic heterocycles. The van der Waals surface area contributed by atoms with Gasteiger partial charge in [-0.05, 0) is 31.2 Å². The van der Waals surface area contributed by atoms with Gasteiger partial charge in [0.05, 0.1) is 33.6 Å². The topological polar surface area (TPSA) is 76.9 Å². The van der Waals surface area contributed by atoms with Crippen LogP contribution in [0, 0.1) is 6.92 Å². The van der Waals surface area contributed by atoms with Crippen LogP contribution in [0.25, 0.3) is 11.0 Å². The summed E-state index contributed by atoms with van der Waals surface area (Å²) in [5, 5.41) is 4.56. The van der Waals surface area contributed by atoms with Gasteiger partial charge >= 0.3 is 12.4 Å². The van der Waals surface area contributed by atoms with Gasteiger partial charge in [-0.15, -0.1) is 0 Å². The molecular weight excluding hydrogens is 426 g/mol. The van der Waals surface area contributed by atoms with Gasteiger partial charge in [0, 0.05) is 12.4 Å². The molecule has 0 aliphatic heterocycles. The van der Waals surface area contributed by atoms with Crippen LogP contribution in [-0.4, -0.2) is 23.2 Å². The molecule has 13 heteroatoms. The highest BCUT2D eigenvalue weighted by Gasteiger charge is 2.38. The molecule has 0 aliphatic rings. The highest BCUT2D eigenvalue weighted by atomic mass is 32.2. The number of hydrogen-bond donors (Lipinski definition) is 1. The van der Waals surface area contributed by atoms with Gasteiger partial charge in [0.15, 0.2) is 5.65 Å². The molecule has 0 atom stereocenters. The van der Waals surface area contributed by atoms with E-state index in [-0.39, 0.29) is 23.9 Å². The predicted molar refractivity (Wildman–Crippen MR) is 90.5 cm³/mol. The number of anilines is 1. The zero-order valence-corrected chi connectivity index (χ0v) is 15.5. The highest BCUT2D eigenvalue weighted by Crippen LogP contribution is 2.37. The third kappa shape index (κ3) is 4.13. The van der Waals surface area contributed by atoms with Crippen molar-refractivity contribution in [3.63, 3.8) is 0 Å². The third-order valence-corrected chi connectivity index (χ3v) is 5.35. The van der Waals surface area contributed by atoms with Gasteiger partial charge in [-0.1, -0.05) is 0 Å². The minimum absolute atomic E-state index is 0.138. The van der Waals surface area contributed by atoms with Gasteiger partial charge in [0.1, 0.15) is 0 Å². The maximum absolute atomic E-state index is 13.0. The molecule has 1 N–H and O–H groups in total. The number of hydrogen-bond acceptors (Lipinski definition) is 4. The molecule has 0 saturated carbocycles. The van der Waals surface area contributed by atoms with Gasteiger partial charge in [0.2, 0.25) is 0 Å². The predicted octanol–water partition coefficient (Wildman–Crippen LogP) is 4.12. The maximum Gasteiger partial charge on any atom is 0.416 e. The zero-order valence-electron chi connectivity index (χ0n) is 14.7. The summed E-state index contributed by atoms with van der Waals surface area (Å²) in [6, 6.07) is 1.46. The minimum atomic E-state index is -5.17. The lowest BCUT2D eigenvalue weighted by Crippen LogP contribution is -2.17. The lowest BCUT2D eigenvalue weighted by atomic mass is 10.1. The van der Waals surface area contributed by atoms with E-state index < -0.39 is 38.4 Å². The quantitative estimate of drug-likeness (QED) is 0.625. The molecule has 0 unspecified atom stereocenters. The Kier molecular flexibility index (Phi) is 4.76. The van der Waals surface area contributed by atoms with Gasteiger partial charge in [-0.3, -0.25) is 9.40 Å².